The first-order valence-electron chi connectivity index (χ1n) is 9.52. The maximum Gasteiger partial charge on any atom is 0.416 e. The normalized spacial score (nSPS) is 14.2. The fourth-order valence-corrected chi connectivity index (χ4v) is 2.62. The van der Waals surface area contributed by atoms with Gasteiger partial charge in [-0.05, 0) is 50.0 Å². The molecule has 0 amide bonds. The molecule has 0 radical (unpaired) electrons. The van der Waals surface area contributed by atoms with Crippen molar-refractivity contribution in [1.82, 2.24) is 0 Å². The van der Waals surface area contributed by atoms with Crippen molar-refractivity contribution in [3.63, 3.8) is 0 Å². The van der Waals surface area contributed by atoms with Gasteiger partial charge < -0.3 is 9.47 Å². The zero-order valence-corrected chi connectivity index (χ0v) is 18.2. The largest absolute Gasteiger partial charge is 0.461 e. The lowest BCUT2D eigenvalue weighted by atomic mass is 9.67. The molecular weight excluding hydrogens is 397 g/mol. The van der Waals surface area contributed by atoms with E-state index in [1.165, 1.54) is 18.2 Å². The van der Waals surface area contributed by atoms with Crippen molar-refractivity contribution in [2.75, 3.05) is 13.2 Å². The van der Waals surface area contributed by atoms with Gasteiger partial charge in [-0.15, -0.1) is 0 Å². The third-order valence-corrected chi connectivity index (χ3v) is 4.75. The van der Waals surface area contributed by atoms with Gasteiger partial charge in [0.1, 0.15) is 13.2 Å². The summed E-state index contributed by atoms with van der Waals surface area (Å²) in [5.41, 5.74) is -0.833. The molecule has 1 atom stereocenters. The molecule has 0 aromatic heterocycles. The van der Waals surface area contributed by atoms with Gasteiger partial charge >= 0.3 is 18.1 Å². The molecule has 0 saturated heterocycles. The Bertz CT molecular complexity index is 812. The molecule has 0 bridgehead atoms. The predicted octanol–water partition coefficient (Wildman–Crippen LogP) is 5.82. The number of carbonyl (C=O) groups excluding carboxylic acids is 2. The number of rotatable bonds is 7. The van der Waals surface area contributed by atoms with Crippen LogP contribution in [0.5, 0.6) is 0 Å². The Morgan fingerprint density at radius 1 is 1.00 bits per heavy atom. The van der Waals surface area contributed by atoms with E-state index in [-0.39, 0.29) is 24.2 Å². The first-order valence-corrected chi connectivity index (χ1v) is 9.52. The van der Waals surface area contributed by atoms with Crippen molar-refractivity contribution in [1.29, 1.82) is 0 Å². The summed E-state index contributed by atoms with van der Waals surface area (Å²) >= 11 is 0. The van der Waals surface area contributed by atoms with Gasteiger partial charge in [-0.3, -0.25) is 4.79 Å². The molecule has 4 nitrogen and oxygen atoms in total. The summed E-state index contributed by atoms with van der Waals surface area (Å²) in [4.78, 5) is 24.4. The highest BCUT2D eigenvalue weighted by Crippen LogP contribution is 2.41. The van der Waals surface area contributed by atoms with Crippen molar-refractivity contribution in [3.8, 4) is 0 Å². The fraction of sp³-hybridized carbons (Fsp3) is 0.478. The number of allylic oxidation sites excluding steroid dienone is 1. The average Bonchev–Trinajstić information content (AvgIpc) is 2.61. The van der Waals surface area contributed by atoms with Gasteiger partial charge in [-0.1, -0.05) is 44.6 Å². The molecular formula is C23H29F3O4. The Morgan fingerprint density at radius 2 is 1.60 bits per heavy atom. The van der Waals surface area contributed by atoms with Crippen LogP contribution in [0.3, 0.4) is 0 Å². The molecule has 1 rings (SSSR count). The molecule has 0 saturated carbocycles. The van der Waals surface area contributed by atoms with E-state index in [1.54, 1.807) is 6.92 Å². The van der Waals surface area contributed by atoms with Crippen molar-refractivity contribution >= 4 is 18.0 Å². The summed E-state index contributed by atoms with van der Waals surface area (Å²) in [6, 6.07) is 4.58. The van der Waals surface area contributed by atoms with Gasteiger partial charge in [-0.2, -0.15) is 13.2 Å². The van der Waals surface area contributed by atoms with Gasteiger partial charge in [0.15, 0.2) is 0 Å². The number of benzene rings is 1. The highest BCUT2D eigenvalue weighted by molar-refractivity contribution is 5.87. The van der Waals surface area contributed by atoms with E-state index in [1.807, 2.05) is 40.7 Å². The Morgan fingerprint density at radius 3 is 2.13 bits per heavy atom. The molecule has 7 heteroatoms. The van der Waals surface area contributed by atoms with E-state index in [4.69, 9.17) is 9.47 Å². The molecule has 166 valence electrons. The van der Waals surface area contributed by atoms with Crippen molar-refractivity contribution in [2.24, 2.45) is 10.8 Å². The van der Waals surface area contributed by atoms with E-state index in [0.29, 0.717) is 0 Å². The monoisotopic (exact) mass is 426 g/mol. The number of alkyl halides is 3. The van der Waals surface area contributed by atoms with Crippen molar-refractivity contribution < 1.29 is 32.2 Å². The fourth-order valence-electron chi connectivity index (χ4n) is 2.62. The Labute approximate surface area is 175 Å². The number of esters is 2. The molecule has 0 aliphatic carbocycles. The third-order valence-electron chi connectivity index (χ3n) is 4.75. The lowest BCUT2D eigenvalue weighted by Gasteiger charge is -2.37. The molecule has 30 heavy (non-hydrogen) atoms. The zero-order chi connectivity index (χ0) is 23.2. The maximum atomic E-state index is 12.7. The van der Waals surface area contributed by atoms with Gasteiger partial charge in [0.2, 0.25) is 0 Å². The van der Waals surface area contributed by atoms with Crippen LogP contribution in [0.15, 0.2) is 42.0 Å². The van der Waals surface area contributed by atoms with Crippen LogP contribution in [0.1, 0.15) is 52.7 Å². The minimum atomic E-state index is -4.46. The Kier molecular flexibility index (Phi) is 8.45. The minimum absolute atomic E-state index is 0.121. The van der Waals surface area contributed by atoms with E-state index in [9.17, 15) is 22.8 Å². The lowest BCUT2D eigenvalue weighted by Crippen LogP contribution is -2.40. The van der Waals surface area contributed by atoms with Crippen LogP contribution in [0, 0.1) is 10.8 Å². The lowest BCUT2D eigenvalue weighted by molar-refractivity contribution is -0.161. The number of ether oxygens (including phenoxy) is 2. The summed E-state index contributed by atoms with van der Waals surface area (Å²) in [6.07, 6.45) is -0.338. The molecule has 0 spiro atoms. The molecule has 0 heterocycles. The van der Waals surface area contributed by atoms with Gasteiger partial charge in [-0.25, -0.2) is 4.79 Å². The highest BCUT2D eigenvalue weighted by Gasteiger charge is 2.43. The van der Waals surface area contributed by atoms with Crippen LogP contribution in [0.2, 0.25) is 0 Å². The number of carbonyl (C=O) groups is 2. The average molecular weight is 426 g/mol. The molecule has 0 aliphatic heterocycles. The van der Waals surface area contributed by atoms with Gasteiger partial charge in [0.05, 0.1) is 11.0 Å². The third kappa shape index (κ3) is 7.35. The summed E-state index contributed by atoms with van der Waals surface area (Å²) in [6.45, 7) is 11.1. The van der Waals surface area contributed by atoms with Crippen LogP contribution in [-0.4, -0.2) is 25.2 Å². The second kappa shape index (κ2) is 9.96. The highest BCUT2D eigenvalue weighted by atomic mass is 19.4. The Balaban J connectivity index is 2.60. The molecule has 0 aliphatic rings. The second-order valence-corrected chi connectivity index (χ2v) is 8.43. The van der Waals surface area contributed by atoms with E-state index in [2.05, 4.69) is 0 Å². The predicted molar refractivity (Wildman–Crippen MR) is 109 cm³/mol. The van der Waals surface area contributed by atoms with Gasteiger partial charge in [0, 0.05) is 6.08 Å². The summed E-state index contributed by atoms with van der Waals surface area (Å²) in [5, 5.41) is 0. The standard InChI is InChI=1S/C23H29F3O4/c1-16(2)15-22(6,21(3,4)5)20(28)30-13-12-29-19(27)11-10-17-8-7-9-18(14-17)23(24,25)26/h7-11,14-15H,12-13H2,1-6H3/b11-10+. The van der Waals surface area contributed by atoms with E-state index in [0.717, 1.165) is 23.8 Å². The summed E-state index contributed by atoms with van der Waals surface area (Å²) in [5.74, 6) is -1.17. The smallest absolute Gasteiger partial charge is 0.416 e. The van der Waals surface area contributed by atoms with Crippen molar-refractivity contribution in [3.05, 3.63) is 53.1 Å². The van der Waals surface area contributed by atoms with Crippen LogP contribution in [0.4, 0.5) is 13.2 Å². The van der Waals surface area contributed by atoms with Crippen LogP contribution < -0.4 is 0 Å². The second-order valence-electron chi connectivity index (χ2n) is 8.43. The first-order chi connectivity index (χ1) is 13.7. The van der Waals surface area contributed by atoms with Crippen LogP contribution in [-0.2, 0) is 25.2 Å². The quantitative estimate of drug-likeness (QED) is 0.238. The SMILES string of the molecule is CC(C)=CC(C)(C(=O)OCCOC(=O)/C=C/c1cccc(C(F)(F)F)c1)C(C)(C)C. The zero-order valence-electron chi connectivity index (χ0n) is 18.2. The topological polar surface area (TPSA) is 52.6 Å². The summed E-state index contributed by atoms with van der Waals surface area (Å²) in [7, 11) is 0. The minimum Gasteiger partial charge on any atom is -0.461 e. The first kappa shape index (κ1) is 25.5. The molecule has 0 N–H and O–H groups in total. The van der Waals surface area contributed by atoms with E-state index < -0.39 is 29.1 Å². The van der Waals surface area contributed by atoms with Crippen molar-refractivity contribution in [2.45, 2.75) is 47.7 Å². The number of hydrogen-bond acceptors (Lipinski definition) is 4. The van der Waals surface area contributed by atoms with Gasteiger partial charge in [0.25, 0.3) is 0 Å². The van der Waals surface area contributed by atoms with Crippen LogP contribution >= 0.6 is 0 Å². The molecule has 1 aromatic carbocycles. The number of hydrogen-bond donors (Lipinski definition) is 0. The maximum absolute atomic E-state index is 12.7. The molecule has 0 fully saturated rings. The summed E-state index contributed by atoms with van der Waals surface area (Å²) < 4.78 is 48.4. The molecule has 1 aromatic rings. The Hall–Kier alpha value is -2.57. The molecule has 1 unspecified atom stereocenters. The van der Waals surface area contributed by atoms with Crippen LogP contribution in [0.25, 0.3) is 6.08 Å². The number of halogens is 3. The van der Waals surface area contributed by atoms with E-state index >= 15 is 0 Å².